The molecule has 108 valence electrons. The number of aryl methyl sites for hydroxylation is 1. The molecule has 0 fully saturated rings. The van der Waals surface area contributed by atoms with Gasteiger partial charge in [-0.05, 0) is 30.3 Å². The lowest BCUT2D eigenvalue weighted by Crippen LogP contribution is -2.21. The molecule has 0 unspecified atom stereocenters. The summed E-state index contributed by atoms with van der Waals surface area (Å²) < 4.78 is 28.7. The molecule has 7 heteroatoms. The summed E-state index contributed by atoms with van der Waals surface area (Å²) in [6.07, 6.45) is 1.66. The molecule has 0 aliphatic rings. The summed E-state index contributed by atoms with van der Waals surface area (Å²) in [6, 6.07) is 9.07. The van der Waals surface area contributed by atoms with Gasteiger partial charge in [-0.1, -0.05) is 6.07 Å². The van der Waals surface area contributed by atoms with Gasteiger partial charge in [0.2, 0.25) is 0 Å². The Morgan fingerprint density at radius 1 is 1.14 bits per heavy atom. The predicted octanol–water partition coefficient (Wildman–Crippen LogP) is 2.57. The van der Waals surface area contributed by atoms with E-state index in [4.69, 9.17) is 0 Å². The first-order valence-corrected chi connectivity index (χ1v) is 7.26. The zero-order valence-corrected chi connectivity index (χ0v) is 11.7. The Labute approximate surface area is 123 Å². The summed E-state index contributed by atoms with van der Waals surface area (Å²) in [5.74, 6) is -1.20. The van der Waals surface area contributed by atoms with Crippen molar-refractivity contribution in [2.24, 2.45) is 0 Å². The molecule has 0 aliphatic heterocycles. The smallest absolute Gasteiger partial charge is 0.250 e. The van der Waals surface area contributed by atoms with Crippen molar-refractivity contribution in [2.75, 3.05) is 5.75 Å². The number of aromatic nitrogens is 3. The number of rotatable bonds is 4. The van der Waals surface area contributed by atoms with Crippen LogP contribution in [-0.4, -0.2) is 19.9 Å². The molecule has 0 radical (unpaired) electrons. The largest absolute Gasteiger partial charge is 0.350 e. The van der Waals surface area contributed by atoms with Gasteiger partial charge in [0.05, 0.1) is 6.54 Å². The highest BCUT2D eigenvalue weighted by atomic mass is 32.2. The molecule has 2 aromatic heterocycles. The van der Waals surface area contributed by atoms with E-state index in [1.807, 2.05) is 6.07 Å². The van der Waals surface area contributed by atoms with Crippen LogP contribution in [0.25, 0.3) is 5.65 Å². The second-order valence-corrected chi connectivity index (χ2v) is 5.53. The van der Waals surface area contributed by atoms with Crippen molar-refractivity contribution in [1.82, 2.24) is 14.2 Å². The van der Waals surface area contributed by atoms with Crippen LogP contribution in [0.15, 0.2) is 52.3 Å². The first-order valence-electron chi connectivity index (χ1n) is 6.27. The fourth-order valence-corrected chi connectivity index (χ4v) is 2.78. The predicted molar refractivity (Wildman–Crippen MR) is 76.5 cm³/mol. The molecular formula is C14H11F2N3OS. The Morgan fingerprint density at radius 3 is 2.76 bits per heavy atom. The normalized spacial score (nSPS) is 11.1. The van der Waals surface area contributed by atoms with E-state index in [2.05, 4.69) is 5.10 Å². The molecule has 0 atom stereocenters. The van der Waals surface area contributed by atoms with Crippen molar-refractivity contribution >= 4 is 17.4 Å². The average Bonchev–Trinajstić information content (AvgIpc) is 2.80. The molecule has 3 rings (SSSR count). The van der Waals surface area contributed by atoms with Gasteiger partial charge in [-0.15, -0.1) is 16.9 Å². The highest BCUT2D eigenvalue weighted by Gasteiger charge is 2.07. The standard InChI is InChI=1S/C14H11F2N3OS/c15-11-5-4-10(9-12(11)16)21-8-7-19-14(20)18-6-2-1-3-13(18)17-19/h1-6,9H,7-8H2. The number of pyridine rings is 1. The Hall–Kier alpha value is -2.15. The molecule has 0 spiro atoms. The van der Waals surface area contributed by atoms with E-state index >= 15 is 0 Å². The molecule has 0 amide bonds. The minimum absolute atomic E-state index is 0.212. The molecule has 0 N–H and O–H groups in total. The van der Waals surface area contributed by atoms with Crippen LogP contribution in [0.3, 0.4) is 0 Å². The number of nitrogens with zero attached hydrogens (tertiary/aromatic N) is 3. The van der Waals surface area contributed by atoms with Crippen LogP contribution in [-0.2, 0) is 6.54 Å². The maximum Gasteiger partial charge on any atom is 0.350 e. The number of hydrogen-bond acceptors (Lipinski definition) is 3. The van der Waals surface area contributed by atoms with Gasteiger partial charge in [0.25, 0.3) is 0 Å². The molecule has 4 nitrogen and oxygen atoms in total. The molecule has 2 heterocycles. The molecule has 0 bridgehead atoms. The Balaban J connectivity index is 1.70. The van der Waals surface area contributed by atoms with Gasteiger partial charge in [-0.25, -0.2) is 18.3 Å². The van der Waals surface area contributed by atoms with E-state index in [0.29, 0.717) is 22.8 Å². The highest BCUT2D eigenvalue weighted by molar-refractivity contribution is 7.99. The monoisotopic (exact) mass is 307 g/mol. The lowest BCUT2D eigenvalue weighted by molar-refractivity contribution is 0.506. The second-order valence-electron chi connectivity index (χ2n) is 4.36. The van der Waals surface area contributed by atoms with Crippen molar-refractivity contribution in [3.05, 3.63) is 64.7 Å². The van der Waals surface area contributed by atoms with Gasteiger partial charge in [-0.2, -0.15) is 0 Å². The van der Waals surface area contributed by atoms with Crippen LogP contribution in [0.5, 0.6) is 0 Å². The lowest BCUT2D eigenvalue weighted by atomic mass is 10.3. The molecule has 0 saturated carbocycles. The van der Waals surface area contributed by atoms with Crippen LogP contribution >= 0.6 is 11.8 Å². The van der Waals surface area contributed by atoms with E-state index in [0.717, 1.165) is 12.1 Å². The number of hydrogen-bond donors (Lipinski definition) is 0. The van der Waals surface area contributed by atoms with Crippen molar-refractivity contribution in [2.45, 2.75) is 11.4 Å². The topological polar surface area (TPSA) is 39.3 Å². The van der Waals surface area contributed by atoms with Crippen LogP contribution in [0.4, 0.5) is 8.78 Å². The number of benzene rings is 1. The summed E-state index contributed by atoms with van der Waals surface area (Å²) in [5.41, 5.74) is 0.372. The fourth-order valence-electron chi connectivity index (χ4n) is 1.93. The van der Waals surface area contributed by atoms with Gasteiger partial charge in [0.15, 0.2) is 17.3 Å². The van der Waals surface area contributed by atoms with Gasteiger partial charge in [-0.3, -0.25) is 4.40 Å². The van der Waals surface area contributed by atoms with Crippen LogP contribution < -0.4 is 5.69 Å². The average molecular weight is 307 g/mol. The lowest BCUT2D eigenvalue weighted by Gasteiger charge is -2.02. The van der Waals surface area contributed by atoms with E-state index in [-0.39, 0.29) is 5.69 Å². The highest BCUT2D eigenvalue weighted by Crippen LogP contribution is 2.20. The molecule has 1 aromatic carbocycles. The Bertz CT molecular complexity index is 844. The van der Waals surface area contributed by atoms with Gasteiger partial charge < -0.3 is 0 Å². The molecule has 0 aliphatic carbocycles. The third kappa shape index (κ3) is 2.82. The third-order valence-corrected chi connectivity index (χ3v) is 3.93. The van der Waals surface area contributed by atoms with Gasteiger partial charge in [0, 0.05) is 16.8 Å². The van der Waals surface area contributed by atoms with Crippen molar-refractivity contribution < 1.29 is 8.78 Å². The number of fused-ring (bicyclic) bond motifs is 1. The third-order valence-electron chi connectivity index (χ3n) is 2.95. The van der Waals surface area contributed by atoms with Crippen LogP contribution in [0, 0.1) is 11.6 Å². The molecule has 0 saturated heterocycles. The van der Waals surface area contributed by atoms with E-state index in [1.54, 1.807) is 18.3 Å². The first kappa shape index (κ1) is 13.8. The van der Waals surface area contributed by atoms with Crippen LogP contribution in [0.2, 0.25) is 0 Å². The van der Waals surface area contributed by atoms with Crippen molar-refractivity contribution in [1.29, 1.82) is 0 Å². The second kappa shape index (κ2) is 5.69. The minimum Gasteiger partial charge on any atom is -0.250 e. The van der Waals surface area contributed by atoms with E-state index < -0.39 is 11.6 Å². The van der Waals surface area contributed by atoms with Crippen molar-refractivity contribution in [3.8, 4) is 0 Å². The maximum atomic E-state index is 13.1. The number of thioether (sulfide) groups is 1. The summed E-state index contributed by atoms with van der Waals surface area (Å²) >= 11 is 1.34. The van der Waals surface area contributed by atoms with Crippen LogP contribution in [0.1, 0.15) is 0 Å². The number of halogens is 2. The molecule has 3 aromatic rings. The van der Waals surface area contributed by atoms with E-state index in [1.165, 1.54) is 26.9 Å². The fraction of sp³-hybridized carbons (Fsp3) is 0.143. The Kier molecular flexibility index (Phi) is 3.74. The first-order chi connectivity index (χ1) is 10.1. The molecule has 21 heavy (non-hydrogen) atoms. The zero-order chi connectivity index (χ0) is 14.8. The minimum atomic E-state index is -0.870. The molecular weight excluding hydrogens is 296 g/mol. The summed E-state index contributed by atoms with van der Waals surface area (Å²) in [6.45, 7) is 0.393. The van der Waals surface area contributed by atoms with Crippen molar-refractivity contribution in [3.63, 3.8) is 0 Å². The maximum absolute atomic E-state index is 13.1. The quantitative estimate of drug-likeness (QED) is 0.696. The van der Waals surface area contributed by atoms with E-state index in [9.17, 15) is 13.6 Å². The summed E-state index contributed by atoms with van der Waals surface area (Å²) in [4.78, 5) is 12.6. The summed E-state index contributed by atoms with van der Waals surface area (Å²) in [5, 5.41) is 4.19. The van der Waals surface area contributed by atoms with Gasteiger partial charge >= 0.3 is 5.69 Å². The van der Waals surface area contributed by atoms with Gasteiger partial charge in [0.1, 0.15) is 0 Å². The SMILES string of the molecule is O=c1n(CCSc2ccc(F)c(F)c2)nc2ccccn12. The Morgan fingerprint density at radius 2 is 2.00 bits per heavy atom. The summed E-state index contributed by atoms with van der Waals surface area (Å²) in [7, 11) is 0. The zero-order valence-electron chi connectivity index (χ0n) is 10.9.